The van der Waals surface area contributed by atoms with E-state index < -0.39 is 12.0 Å². The second-order valence-corrected chi connectivity index (χ2v) is 7.21. The smallest absolute Gasteiger partial charge is 0.320 e. The maximum Gasteiger partial charge on any atom is 0.320 e. The highest BCUT2D eigenvalue weighted by atomic mass is 32.2. The highest BCUT2D eigenvalue weighted by molar-refractivity contribution is 8.13. The number of benzene rings is 2. The molecule has 0 aliphatic carbocycles. The molecule has 0 aliphatic heterocycles. The molecule has 6 heteroatoms. The Balaban J connectivity index is 2.03. The molecule has 0 radical (unpaired) electrons. The van der Waals surface area contributed by atoms with Gasteiger partial charge in [-0.1, -0.05) is 30.3 Å². The van der Waals surface area contributed by atoms with Crippen LogP contribution >= 0.6 is 11.8 Å². The molecule has 1 atom stereocenters. The maximum absolute atomic E-state index is 10.9. The third-order valence-corrected chi connectivity index (χ3v) is 4.89. The van der Waals surface area contributed by atoms with E-state index in [-0.39, 0.29) is 0 Å². The highest BCUT2D eigenvalue weighted by Crippen LogP contribution is 2.26. The Hall–Kier alpha value is -2.31. The first-order valence-electron chi connectivity index (χ1n) is 8.28. The average Bonchev–Trinajstić information content (AvgIpc) is 2.62. The summed E-state index contributed by atoms with van der Waals surface area (Å²) in [5.74, 6) is 0.560. The van der Waals surface area contributed by atoms with Crippen LogP contribution in [0.1, 0.15) is 23.6 Å². The summed E-state index contributed by atoms with van der Waals surface area (Å²) >= 11 is 1.64. The van der Waals surface area contributed by atoms with Crippen molar-refractivity contribution in [1.82, 2.24) is 0 Å². The minimum absolute atomic E-state index is 0.323. The SMILES string of the molecule is COc1ccc(C)c(N=C(C)SCc2cccc(CC(N)C(=O)O)c2)c1. The van der Waals surface area contributed by atoms with Crippen LogP contribution in [0.2, 0.25) is 0 Å². The zero-order valence-electron chi connectivity index (χ0n) is 15.2. The lowest BCUT2D eigenvalue weighted by Crippen LogP contribution is -2.32. The molecule has 0 spiro atoms. The van der Waals surface area contributed by atoms with Crippen LogP contribution in [-0.4, -0.2) is 29.3 Å². The fraction of sp³-hybridized carbons (Fsp3) is 0.300. The first-order chi connectivity index (χ1) is 12.4. The molecule has 5 nitrogen and oxygen atoms in total. The summed E-state index contributed by atoms with van der Waals surface area (Å²) in [5.41, 5.74) is 9.64. The summed E-state index contributed by atoms with van der Waals surface area (Å²) in [5, 5.41) is 9.89. The molecule has 138 valence electrons. The molecular formula is C20H24N2O3S. The highest BCUT2D eigenvalue weighted by Gasteiger charge is 2.12. The van der Waals surface area contributed by atoms with Gasteiger partial charge in [-0.3, -0.25) is 4.79 Å². The largest absolute Gasteiger partial charge is 0.497 e. The number of nitrogens with two attached hydrogens (primary N) is 1. The molecule has 0 heterocycles. The van der Waals surface area contributed by atoms with E-state index in [4.69, 9.17) is 15.6 Å². The van der Waals surface area contributed by atoms with E-state index in [0.717, 1.165) is 38.9 Å². The lowest BCUT2D eigenvalue weighted by atomic mass is 10.0. The van der Waals surface area contributed by atoms with E-state index in [1.54, 1.807) is 18.9 Å². The second kappa shape index (κ2) is 9.40. The van der Waals surface area contributed by atoms with Crippen molar-refractivity contribution >= 4 is 28.5 Å². The number of aryl methyl sites for hydroxylation is 1. The number of methoxy groups -OCH3 is 1. The lowest BCUT2D eigenvalue weighted by molar-refractivity contribution is -0.138. The van der Waals surface area contributed by atoms with Crippen molar-refractivity contribution in [2.24, 2.45) is 10.7 Å². The van der Waals surface area contributed by atoms with Crippen molar-refractivity contribution in [3.05, 3.63) is 59.2 Å². The van der Waals surface area contributed by atoms with Gasteiger partial charge in [0.1, 0.15) is 11.8 Å². The summed E-state index contributed by atoms with van der Waals surface area (Å²) in [6, 6.07) is 12.8. The number of thioether (sulfide) groups is 1. The Bertz CT molecular complexity index is 805. The van der Waals surface area contributed by atoms with Crippen LogP contribution in [0.4, 0.5) is 5.69 Å². The third-order valence-electron chi connectivity index (χ3n) is 3.91. The molecule has 0 fully saturated rings. The number of nitrogens with zero attached hydrogens (tertiary/aromatic N) is 1. The Labute approximate surface area is 158 Å². The number of carboxylic acids is 1. The van der Waals surface area contributed by atoms with Crippen molar-refractivity contribution in [1.29, 1.82) is 0 Å². The predicted octanol–water partition coefficient (Wildman–Crippen LogP) is 3.94. The molecule has 0 saturated heterocycles. The molecule has 3 N–H and O–H groups in total. The molecule has 0 amide bonds. The number of carboxylic acid groups (broad SMARTS) is 1. The number of rotatable bonds is 7. The molecule has 0 bridgehead atoms. The quantitative estimate of drug-likeness (QED) is 0.568. The minimum Gasteiger partial charge on any atom is -0.497 e. The van der Waals surface area contributed by atoms with Crippen molar-refractivity contribution in [2.45, 2.75) is 32.1 Å². The van der Waals surface area contributed by atoms with Gasteiger partial charge in [0.05, 0.1) is 17.8 Å². The molecule has 0 saturated carbocycles. The summed E-state index contributed by atoms with van der Waals surface area (Å²) in [7, 11) is 1.64. The van der Waals surface area contributed by atoms with Crippen LogP contribution in [0.5, 0.6) is 5.75 Å². The molecule has 2 aromatic carbocycles. The van der Waals surface area contributed by atoms with E-state index in [1.807, 2.05) is 56.3 Å². The van der Waals surface area contributed by atoms with Gasteiger partial charge in [-0.2, -0.15) is 0 Å². The van der Waals surface area contributed by atoms with Gasteiger partial charge in [-0.05, 0) is 43.0 Å². The Kier molecular flexibility index (Phi) is 7.24. The zero-order chi connectivity index (χ0) is 19.1. The van der Waals surface area contributed by atoms with Crippen LogP contribution < -0.4 is 10.5 Å². The average molecular weight is 372 g/mol. The van der Waals surface area contributed by atoms with Gasteiger partial charge < -0.3 is 15.6 Å². The third kappa shape index (κ3) is 5.89. The van der Waals surface area contributed by atoms with E-state index in [0.29, 0.717) is 6.42 Å². The molecule has 2 rings (SSSR count). The predicted molar refractivity (Wildman–Crippen MR) is 108 cm³/mol. The van der Waals surface area contributed by atoms with Crippen LogP contribution in [0.15, 0.2) is 47.5 Å². The maximum atomic E-state index is 10.9. The van der Waals surface area contributed by atoms with Crippen LogP contribution in [0.3, 0.4) is 0 Å². The van der Waals surface area contributed by atoms with Crippen molar-refractivity contribution < 1.29 is 14.6 Å². The number of carbonyl (C=O) groups is 1. The molecule has 0 aliphatic rings. The number of ether oxygens (including phenoxy) is 1. The summed E-state index contributed by atoms with van der Waals surface area (Å²) in [4.78, 5) is 15.6. The zero-order valence-corrected chi connectivity index (χ0v) is 16.0. The Morgan fingerprint density at radius 1 is 1.27 bits per heavy atom. The van der Waals surface area contributed by atoms with Crippen molar-refractivity contribution in [2.75, 3.05) is 7.11 Å². The number of aliphatic carboxylic acids is 1. The number of hydrogen-bond donors (Lipinski definition) is 2. The molecule has 26 heavy (non-hydrogen) atoms. The van der Waals surface area contributed by atoms with Gasteiger partial charge in [0, 0.05) is 11.8 Å². The van der Waals surface area contributed by atoms with E-state index >= 15 is 0 Å². The first-order valence-corrected chi connectivity index (χ1v) is 9.26. The fourth-order valence-electron chi connectivity index (χ4n) is 2.41. The van der Waals surface area contributed by atoms with Crippen LogP contribution in [0, 0.1) is 6.92 Å². The van der Waals surface area contributed by atoms with Gasteiger partial charge in [0.25, 0.3) is 0 Å². The van der Waals surface area contributed by atoms with Gasteiger partial charge in [-0.25, -0.2) is 4.99 Å². The summed E-state index contributed by atoms with van der Waals surface area (Å²) in [6.07, 6.45) is 0.323. The van der Waals surface area contributed by atoms with E-state index in [1.165, 1.54) is 0 Å². The van der Waals surface area contributed by atoms with Gasteiger partial charge >= 0.3 is 5.97 Å². The van der Waals surface area contributed by atoms with E-state index in [9.17, 15) is 4.79 Å². The number of hydrogen-bond acceptors (Lipinski definition) is 5. The number of aliphatic imine (C=N–C) groups is 1. The summed E-state index contributed by atoms with van der Waals surface area (Å²) < 4.78 is 5.25. The monoisotopic (exact) mass is 372 g/mol. The van der Waals surface area contributed by atoms with Crippen LogP contribution in [0.25, 0.3) is 0 Å². The lowest BCUT2D eigenvalue weighted by Gasteiger charge is -2.09. The summed E-state index contributed by atoms with van der Waals surface area (Å²) in [6.45, 7) is 4.00. The topological polar surface area (TPSA) is 84.9 Å². The minimum atomic E-state index is -0.985. The van der Waals surface area contributed by atoms with Crippen LogP contribution in [-0.2, 0) is 17.0 Å². The first kappa shape index (κ1) is 20.0. The van der Waals surface area contributed by atoms with Crippen molar-refractivity contribution in [3.8, 4) is 5.75 Å². The molecule has 2 aromatic rings. The van der Waals surface area contributed by atoms with Crippen molar-refractivity contribution in [3.63, 3.8) is 0 Å². The molecular weight excluding hydrogens is 348 g/mol. The van der Waals surface area contributed by atoms with Gasteiger partial charge in [0.15, 0.2) is 0 Å². The van der Waals surface area contributed by atoms with E-state index in [2.05, 4.69) is 4.99 Å². The molecule has 1 unspecified atom stereocenters. The Morgan fingerprint density at radius 2 is 2.00 bits per heavy atom. The van der Waals surface area contributed by atoms with Gasteiger partial charge in [0.2, 0.25) is 0 Å². The standard InChI is InChI=1S/C20H24N2O3S/c1-13-7-8-17(25-3)11-19(13)22-14(2)26-12-16-6-4-5-15(9-16)10-18(21)20(23)24/h4-9,11,18H,10,12,21H2,1-3H3,(H,23,24). The Morgan fingerprint density at radius 3 is 2.69 bits per heavy atom. The molecule has 0 aromatic heterocycles. The normalized spacial score (nSPS) is 12.7. The second-order valence-electron chi connectivity index (χ2n) is 6.04. The fourth-order valence-corrected chi connectivity index (χ4v) is 3.13. The van der Waals surface area contributed by atoms with Gasteiger partial charge in [-0.15, -0.1) is 11.8 Å².